The van der Waals surface area contributed by atoms with Gasteiger partial charge in [0.15, 0.2) is 11.5 Å². The molecular formula is C20H19ClN4O3. The lowest BCUT2D eigenvalue weighted by Crippen LogP contribution is -2.14. The van der Waals surface area contributed by atoms with Crippen LogP contribution in [0.4, 0.5) is 17.2 Å². The minimum atomic E-state index is -0.375. The van der Waals surface area contributed by atoms with Crippen molar-refractivity contribution in [3.05, 3.63) is 65.1 Å². The number of benzene rings is 2. The number of halogens is 1. The number of nitrogens with one attached hydrogen (secondary N) is 2. The predicted molar refractivity (Wildman–Crippen MR) is 109 cm³/mol. The largest absolute Gasteiger partial charge is 0.493 e. The van der Waals surface area contributed by atoms with Gasteiger partial charge in [0.1, 0.15) is 17.8 Å². The summed E-state index contributed by atoms with van der Waals surface area (Å²) in [5.74, 6) is 1.20. The van der Waals surface area contributed by atoms with E-state index in [1.807, 2.05) is 19.1 Å². The Kier molecular flexibility index (Phi) is 5.96. The number of hydrogen-bond donors (Lipinski definition) is 2. The monoisotopic (exact) mass is 398 g/mol. The first kappa shape index (κ1) is 19.4. The van der Waals surface area contributed by atoms with E-state index in [0.29, 0.717) is 28.0 Å². The fourth-order valence-corrected chi connectivity index (χ4v) is 2.70. The summed E-state index contributed by atoms with van der Waals surface area (Å²) in [5.41, 5.74) is 2.57. The molecule has 0 aliphatic heterocycles. The first-order valence-corrected chi connectivity index (χ1v) is 8.76. The van der Waals surface area contributed by atoms with Crippen LogP contribution in [0.25, 0.3) is 0 Å². The third-order valence-electron chi connectivity index (χ3n) is 4.00. The maximum atomic E-state index is 12.6. The average molecular weight is 399 g/mol. The molecule has 0 saturated heterocycles. The molecule has 0 spiro atoms. The Bertz CT molecular complexity index is 1010. The highest BCUT2D eigenvalue weighted by molar-refractivity contribution is 6.30. The van der Waals surface area contributed by atoms with Crippen molar-refractivity contribution < 1.29 is 14.3 Å². The maximum absolute atomic E-state index is 12.6. The second-order valence-electron chi connectivity index (χ2n) is 5.90. The second kappa shape index (κ2) is 8.58. The molecule has 0 bridgehead atoms. The molecule has 28 heavy (non-hydrogen) atoms. The summed E-state index contributed by atoms with van der Waals surface area (Å²) < 4.78 is 10.4. The van der Waals surface area contributed by atoms with Gasteiger partial charge in [0.25, 0.3) is 5.91 Å². The molecule has 0 aliphatic carbocycles. The molecule has 3 aromatic rings. The molecule has 0 saturated carbocycles. The zero-order valence-electron chi connectivity index (χ0n) is 15.6. The Morgan fingerprint density at radius 3 is 2.54 bits per heavy atom. The third kappa shape index (κ3) is 4.50. The van der Waals surface area contributed by atoms with E-state index in [0.717, 1.165) is 11.3 Å². The maximum Gasteiger partial charge on any atom is 0.274 e. The van der Waals surface area contributed by atoms with E-state index in [9.17, 15) is 4.79 Å². The number of carbonyl (C=O) groups excluding carboxylic acids is 1. The van der Waals surface area contributed by atoms with E-state index in [1.165, 1.54) is 13.4 Å². The Labute approximate surface area is 167 Å². The highest BCUT2D eigenvalue weighted by Crippen LogP contribution is 2.30. The standard InChI is InChI=1S/C20H19ClN4O3/c1-12-4-5-13(21)8-15(12)25-19-10-16(22-11-23-19)20(26)24-14-6-7-17(27-2)18(9-14)28-3/h4-11H,1-3H3,(H,24,26)(H,22,23,25). The van der Waals surface area contributed by atoms with Gasteiger partial charge < -0.3 is 20.1 Å². The van der Waals surface area contributed by atoms with Gasteiger partial charge in [-0.25, -0.2) is 9.97 Å². The molecule has 0 aliphatic rings. The Morgan fingerprint density at radius 1 is 1.00 bits per heavy atom. The number of rotatable bonds is 6. The van der Waals surface area contributed by atoms with Crippen molar-refractivity contribution in [3.8, 4) is 11.5 Å². The van der Waals surface area contributed by atoms with Crippen LogP contribution in [-0.2, 0) is 0 Å². The quantitative estimate of drug-likeness (QED) is 0.638. The predicted octanol–water partition coefficient (Wildman–Crippen LogP) is 4.45. The summed E-state index contributed by atoms with van der Waals surface area (Å²) in [6.45, 7) is 1.95. The minimum Gasteiger partial charge on any atom is -0.493 e. The summed E-state index contributed by atoms with van der Waals surface area (Å²) in [7, 11) is 3.08. The van der Waals surface area contributed by atoms with Crippen molar-refractivity contribution in [2.45, 2.75) is 6.92 Å². The molecule has 1 heterocycles. The molecule has 2 N–H and O–H groups in total. The van der Waals surface area contributed by atoms with E-state index < -0.39 is 0 Å². The lowest BCUT2D eigenvalue weighted by atomic mass is 10.2. The SMILES string of the molecule is COc1ccc(NC(=O)c2cc(Nc3cc(Cl)ccc3C)ncn2)cc1OC. The van der Waals surface area contributed by atoms with Crippen LogP contribution in [0.15, 0.2) is 48.8 Å². The summed E-state index contributed by atoms with van der Waals surface area (Å²) in [4.78, 5) is 20.8. The van der Waals surface area contributed by atoms with Gasteiger partial charge in [-0.2, -0.15) is 0 Å². The highest BCUT2D eigenvalue weighted by Gasteiger charge is 2.12. The third-order valence-corrected chi connectivity index (χ3v) is 4.24. The van der Waals surface area contributed by atoms with E-state index in [1.54, 1.807) is 37.4 Å². The molecule has 0 unspecified atom stereocenters. The number of nitrogens with zero attached hydrogens (tertiary/aromatic N) is 2. The van der Waals surface area contributed by atoms with Crippen molar-refractivity contribution in [2.24, 2.45) is 0 Å². The van der Waals surface area contributed by atoms with E-state index in [4.69, 9.17) is 21.1 Å². The van der Waals surface area contributed by atoms with Gasteiger partial charge in [-0.3, -0.25) is 4.79 Å². The van der Waals surface area contributed by atoms with Gasteiger partial charge in [0.05, 0.1) is 14.2 Å². The van der Waals surface area contributed by atoms with Crippen molar-refractivity contribution in [3.63, 3.8) is 0 Å². The molecule has 0 atom stereocenters. The minimum absolute atomic E-state index is 0.215. The van der Waals surface area contributed by atoms with Crippen LogP contribution in [0.5, 0.6) is 11.5 Å². The Balaban J connectivity index is 1.78. The van der Waals surface area contributed by atoms with Crippen molar-refractivity contribution in [1.82, 2.24) is 9.97 Å². The summed E-state index contributed by atoms with van der Waals surface area (Å²) in [6.07, 6.45) is 1.33. The number of amides is 1. The topological polar surface area (TPSA) is 85.4 Å². The Hall–Kier alpha value is -3.32. The number of anilines is 3. The van der Waals surface area contributed by atoms with Crippen molar-refractivity contribution >= 4 is 34.7 Å². The van der Waals surface area contributed by atoms with Crippen LogP contribution < -0.4 is 20.1 Å². The molecule has 8 heteroatoms. The molecule has 0 fully saturated rings. The first-order chi connectivity index (χ1) is 13.5. The van der Waals surface area contributed by atoms with Crippen LogP contribution in [0.3, 0.4) is 0 Å². The fourth-order valence-electron chi connectivity index (χ4n) is 2.53. The number of aromatic nitrogens is 2. The molecule has 0 radical (unpaired) electrons. The van der Waals surface area contributed by atoms with Gasteiger partial charge in [-0.05, 0) is 36.8 Å². The summed E-state index contributed by atoms with van der Waals surface area (Å²) in [5, 5.41) is 6.54. The van der Waals surface area contributed by atoms with Crippen LogP contribution in [-0.4, -0.2) is 30.1 Å². The molecule has 1 aromatic heterocycles. The molecule has 3 rings (SSSR count). The summed E-state index contributed by atoms with van der Waals surface area (Å²) >= 11 is 6.05. The zero-order chi connectivity index (χ0) is 20.1. The highest BCUT2D eigenvalue weighted by atomic mass is 35.5. The van der Waals surface area contributed by atoms with E-state index >= 15 is 0 Å². The fraction of sp³-hybridized carbons (Fsp3) is 0.150. The lowest BCUT2D eigenvalue weighted by molar-refractivity contribution is 0.102. The van der Waals surface area contributed by atoms with Gasteiger partial charge in [-0.15, -0.1) is 0 Å². The van der Waals surface area contributed by atoms with Crippen LogP contribution in [0, 0.1) is 6.92 Å². The molecule has 1 amide bonds. The van der Waals surface area contributed by atoms with Crippen molar-refractivity contribution in [1.29, 1.82) is 0 Å². The van der Waals surface area contributed by atoms with Crippen LogP contribution in [0.1, 0.15) is 16.1 Å². The average Bonchev–Trinajstić information content (AvgIpc) is 2.70. The van der Waals surface area contributed by atoms with E-state index in [2.05, 4.69) is 20.6 Å². The molecular weight excluding hydrogens is 380 g/mol. The van der Waals surface area contributed by atoms with Gasteiger partial charge in [0, 0.05) is 28.5 Å². The lowest BCUT2D eigenvalue weighted by Gasteiger charge is -2.11. The normalized spacial score (nSPS) is 10.3. The van der Waals surface area contributed by atoms with Gasteiger partial charge in [0.2, 0.25) is 0 Å². The zero-order valence-corrected chi connectivity index (χ0v) is 16.4. The molecule has 2 aromatic carbocycles. The second-order valence-corrected chi connectivity index (χ2v) is 6.33. The molecule has 7 nitrogen and oxygen atoms in total. The van der Waals surface area contributed by atoms with E-state index in [-0.39, 0.29) is 11.6 Å². The number of aryl methyl sites for hydroxylation is 1. The van der Waals surface area contributed by atoms with Crippen molar-refractivity contribution in [2.75, 3.05) is 24.9 Å². The number of hydrogen-bond acceptors (Lipinski definition) is 6. The molecule has 144 valence electrons. The van der Waals surface area contributed by atoms with Crippen LogP contribution in [0.2, 0.25) is 5.02 Å². The number of carbonyl (C=O) groups is 1. The van der Waals surface area contributed by atoms with Gasteiger partial charge >= 0.3 is 0 Å². The van der Waals surface area contributed by atoms with Crippen LogP contribution >= 0.6 is 11.6 Å². The smallest absolute Gasteiger partial charge is 0.274 e. The Morgan fingerprint density at radius 2 is 1.79 bits per heavy atom. The number of methoxy groups -OCH3 is 2. The summed E-state index contributed by atoms with van der Waals surface area (Å²) in [6, 6.07) is 12.2. The number of ether oxygens (including phenoxy) is 2. The van der Waals surface area contributed by atoms with Gasteiger partial charge in [-0.1, -0.05) is 17.7 Å². The first-order valence-electron chi connectivity index (χ1n) is 8.38.